The zero-order valence-electron chi connectivity index (χ0n) is 15.8. The van der Waals surface area contributed by atoms with Crippen molar-refractivity contribution < 1.29 is 4.79 Å². The van der Waals surface area contributed by atoms with Crippen molar-refractivity contribution in [1.29, 1.82) is 0 Å². The Morgan fingerprint density at radius 3 is 2.74 bits per heavy atom. The minimum Gasteiger partial charge on any atom is -0.324 e. The summed E-state index contributed by atoms with van der Waals surface area (Å²) in [6.07, 6.45) is 7.26. The van der Waals surface area contributed by atoms with Crippen LogP contribution in [-0.2, 0) is 17.8 Å². The van der Waals surface area contributed by atoms with E-state index in [0.717, 1.165) is 29.0 Å². The monoisotopic (exact) mass is 359 g/mol. The number of anilines is 1. The molecule has 4 heteroatoms. The molecule has 1 saturated carbocycles. The minimum absolute atomic E-state index is 0.0250. The van der Waals surface area contributed by atoms with Gasteiger partial charge in [-0.1, -0.05) is 44.4 Å². The SMILES string of the molecule is CCc1ccc2c(C3CCCCC3)c3n(c2n1)CC(=O)Nc1ccccc1-3. The van der Waals surface area contributed by atoms with Crippen molar-refractivity contribution in [3.05, 3.63) is 47.7 Å². The molecule has 0 spiro atoms. The summed E-state index contributed by atoms with van der Waals surface area (Å²) in [4.78, 5) is 17.6. The Morgan fingerprint density at radius 2 is 1.93 bits per heavy atom. The first kappa shape index (κ1) is 16.5. The number of nitrogens with one attached hydrogen (secondary N) is 1. The fourth-order valence-electron chi connectivity index (χ4n) is 4.86. The van der Waals surface area contributed by atoms with Crippen LogP contribution in [0.2, 0.25) is 0 Å². The highest BCUT2D eigenvalue weighted by atomic mass is 16.2. The molecule has 4 nitrogen and oxygen atoms in total. The zero-order chi connectivity index (χ0) is 18.4. The van der Waals surface area contributed by atoms with E-state index in [1.54, 1.807) is 0 Å². The molecule has 1 amide bonds. The molecule has 0 unspecified atom stereocenters. The third-order valence-corrected chi connectivity index (χ3v) is 6.14. The van der Waals surface area contributed by atoms with Gasteiger partial charge in [0.1, 0.15) is 12.2 Å². The Kier molecular flexibility index (Phi) is 4.00. The first-order chi connectivity index (χ1) is 13.3. The maximum atomic E-state index is 12.6. The van der Waals surface area contributed by atoms with Crippen LogP contribution < -0.4 is 5.32 Å². The van der Waals surface area contributed by atoms with Crippen LogP contribution in [0.5, 0.6) is 0 Å². The number of fused-ring (bicyclic) bond motifs is 5. The standard InChI is InChI=1S/C23H25N3O/c1-2-16-12-13-18-21(15-8-4-3-5-9-15)22-17-10-6-7-11-19(17)25-20(27)14-26(22)23(18)24-16/h6-7,10-13,15H,2-5,8-9,14H2,1H3,(H,25,27). The minimum atomic E-state index is 0.0250. The molecule has 3 heterocycles. The second-order valence-electron chi connectivity index (χ2n) is 7.80. The molecule has 1 aliphatic heterocycles. The van der Waals surface area contributed by atoms with Crippen molar-refractivity contribution >= 4 is 22.6 Å². The lowest BCUT2D eigenvalue weighted by Gasteiger charge is -2.23. The van der Waals surface area contributed by atoms with E-state index in [-0.39, 0.29) is 5.91 Å². The van der Waals surface area contributed by atoms with E-state index in [0.29, 0.717) is 12.5 Å². The molecule has 0 saturated heterocycles. The first-order valence-electron chi connectivity index (χ1n) is 10.2. The Labute approximate surface area is 159 Å². The predicted molar refractivity (Wildman–Crippen MR) is 109 cm³/mol. The number of nitrogens with zero attached hydrogens (tertiary/aromatic N) is 2. The third-order valence-electron chi connectivity index (χ3n) is 6.14. The van der Waals surface area contributed by atoms with Gasteiger partial charge >= 0.3 is 0 Å². The summed E-state index contributed by atoms with van der Waals surface area (Å²) in [5.41, 5.74) is 6.69. The summed E-state index contributed by atoms with van der Waals surface area (Å²) < 4.78 is 2.17. The van der Waals surface area contributed by atoms with Crippen LogP contribution in [0.25, 0.3) is 22.3 Å². The van der Waals surface area contributed by atoms with Crippen LogP contribution >= 0.6 is 0 Å². The summed E-state index contributed by atoms with van der Waals surface area (Å²) in [5, 5.41) is 4.33. The summed E-state index contributed by atoms with van der Waals surface area (Å²) in [6.45, 7) is 2.46. The van der Waals surface area contributed by atoms with E-state index in [1.165, 1.54) is 48.7 Å². The van der Waals surface area contributed by atoms with Gasteiger partial charge in [0.25, 0.3) is 0 Å². The molecule has 1 fully saturated rings. The van der Waals surface area contributed by atoms with Crippen molar-refractivity contribution in [2.24, 2.45) is 0 Å². The second kappa shape index (κ2) is 6.52. The summed E-state index contributed by atoms with van der Waals surface area (Å²) in [7, 11) is 0. The molecular weight excluding hydrogens is 334 g/mol. The van der Waals surface area contributed by atoms with Gasteiger partial charge in [0.15, 0.2) is 0 Å². The van der Waals surface area contributed by atoms with Gasteiger partial charge in [-0.15, -0.1) is 0 Å². The van der Waals surface area contributed by atoms with Gasteiger partial charge in [-0.05, 0) is 48.9 Å². The molecule has 0 radical (unpaired) electrons. The average Bonchev–Trinajstić information content (AvgIpc) is 2.93. The van der Waals surface area contributed by atoms with Gasteiger partial charge in [0.05, 0.1) is 11.4 Å². The van der Waals surface area contributed by atoms with Crippen molar-refractivity contribution in [3.63, 3.8) is 0 Å². The van der Waals surface area contributed by atoms with Gasteiger partial charge in [-0.25, -0.2) is 4.98 Å². The number of amides is 1. The van der Waals surface area contributed by atoms with Crippen molar-refractivity contribution in [3.8, 4) is 11.3 Å². The Hall–Kier alpha value is -2.62. The lowest BCUT2D eigenvalue weighted by molar-refractivity contribution is -0.116. The number of carbonyl (C=O) groups excluding carboxylic acids is 1. The van der Waals surface area contributed by atoms with Gasteiger partial charge in [-0.2, -0.15) is 0 Å². The fraction of sp³-hybridized carbons (Fsp3) is 0.391. The Bertz CT molecular complexity index is 1030. The van der Waals surface area contributed by atoms with E-state index in [4.69, 9.17) is 4.98 Å². The van der Waals surface area contributed by atoms with Crippen molar-refractivity contribution in [2.75, 3.05) is 5.32 Å². The molecular formula is C23H25N3O. The number of hydrogen-bond donors (Lipinski definition) is 1. The normalized spacial score (nSPS) is 17.3. The number of aromatic nitrogens is 2. The van der Waals surface area contributed by atoms with Crippen LogP contribution in [-0.4, -0.2) is 15.5 Å². The average molecular weight is 359 g/mol. The third kappa shape index (κ3) is 2.66. The van der Waals surface area contributed by atoms with E-state index in [2.05, 4.69) is 41.1 Å². The molecule has 5 rings (SSSR count). The lowest BCUT2D eigenvalue weighted by atomic mass is 9.82. The van der Waals surface area contributed by atoms with E-state index in [1.807, 2.05) is 12.1 Å². The molecule has 3 aromatic rings. The quantitative estimate of drug-likeness (QED) is 0.678. The van der Waals surface area contributed by atoms with Crippen LogP contribution in [0, 0.1) is 0 Å². The highest BCUT2D eigenvalue weighted by Crippen LogP contribution is 2.46. The number of rotatable bonds is 2. The van der Waals surface area contributed by atoms with Crippen LogP contribution in [0.4, 0.5) is 5.69 Å². The maximum Gasteiger partial charge on any atom is 0.244 e. The largest absolute Gasteiger partial charge is 0.324 e. The molecule has 0 bridgehead atoms. The summed E-state index contributed by atoms with van der Waals surface area (Å²) in [6, 6.07) is 12.6. The molecule has 1 N–H and O–H groups in total. The summed E-state index contributed by atoms with van der Waals surface area (Å²) in [5.74, 6) is 0.574. The topological polar surface area (TPSA) is 46.9 Å². The maximum absolute atomic E-state index is 12.6. The van der Waals surface area contributed by atoms with Gasteiger partial charge in [-0.3, -0.25) is 4.79 Å². The number of para-hydroxylation sites is 1. The van der Waals surface area contributed by atoms with Gasteiger partial charge in [0, 0.05) is 16.6 Å². The molecule has 27 heavy (non-hydrogen) atoms. The Morgan fingerprint density at radius 1 is 1.11 bits per heavy atom. The number of hydrogen-bond acceptors (Lipinski definition) is 2. The molecule has 2 aromatic heterocycles. The number of benzene rings is 1. The first-order valence-corrected chi connectivity index (χ1v) is 10.2. The fourth-order valence-corrected chi connectivity index (χ4v) is 4.86. The van der Waals surface area contributed by atoms with Crippen molar-refractivity contribution in [2.45, 2.75) is 57.9 Å². The number of pyridine rings is 1. The smallest absolute Gasteiger partial charge is 0.244 e. The highest BCUT2D eigenvalue weighted by molar-refractivity contribution is 6.02. The molecule has 1 aliphatic carbocycles. The van der Waals surface area contributed by atoms with Crippen LogP contribution in [0.15, 0.2) is 36.4 Å². The molecule has 138 valence electrons. The molecule has 2 aliphatic rings. The van der Waals surface area contributed by atoms with Gasteiger partial charge < -0.3 is 9.88 Å². The van der Waals surface area contributed by atoms with Crippen LogP contribution in [0.3, 0.4) is 0 Å². The van der Waals surface area contributed by atoms with Gasteiger partial charge in [0.2, 0.25) is 5.91 Å². The van der Waals surface area contributed by atoms with E-state index < -0.39 is 0 Å². The lowest BCUT2D eigenvalue weighted by Crippen LogP contribution is -2.16. The molecule has 0 atom stereocenters. The predicted octanol–water partition coefficient (Wildman–Crippen LogP) is 5.27. The van der Waals surface area contributed by atoms with E-state index >= 15 is 0 Å². The highest BCUT2D eigenvalue weighted by Gasteiger charge is 2.30. The zero-order valence-corrected chi connectivity index (χ0v) is 15.8. The van der Waals surface area contributed by atoms with E-state index in [9.17, 15) is 4.79 Å². The van der Waals surface area contributed by atoms with Crippen molar-refractivity contribution in [1.82, 2.24) is 9.55 Å². The number of aryl methyl sites for hydroxylation is 1. The van der Waals surface area contributed by atoms with Crippen LogP contribution in [0.1, 0.15) is 56.2 Å². The Balaban J connectivity index is 1.86. The second-order valence-corrected chi connectivity index (χ2v) is 7.80. The summed E-state index contributed by atoms with van der Waals surface area (Å²) >= 11 is 0. The molecule has 1 aromatic carbocycles. The number of carbonyl (C=O) groups is 1.